The summed E-state index contributed by atoms with van der Waals surface area (Å²) in [6, 6.07) is 19.4. The third-order valence-corrected chi connectivity index (χ3v) is 6.35. The predicted octanol–water partition coefficient (Wildman–Crippen LogP) is 5.41. The highest BCUT2D eigenvalue weighted by molar-refractivity contribution is 7.80. The number of pyridine rings is 2. The zero-order valence-corrected chi connectivity index (χ0v) is 19.7. The third-order valence-electron chi connectivity index (χ3n) is 5.74. The molecule has 0 radical (unpaired) electrons. The van der Waals surface area contributed by atoms with Gasteiger partial charge < -0.3 is 19.5 Å². The van der Waals surface area contributed by atoms with Gasteiger partial charge in [0, 0.05) is 30.0 Å². The zero-order chi connectivity index (χ0) is 22.9. The fourth-order valence-corrected chi connectivity index (χ4v) is 4.78. The lowest BCUT2D eigenvalue weighted by molar-refractivity contribution is 0.415. The Labute approximate surface area is 202 Å². The highest BCUT2D eigenvalue weighted by Crippen LogP contribution is 2.43. The van der Waals surface area contributed by atoms with E-state index in [1.807, 2.05) is 67.8 Å². The Kier molecular flexibility index (Phi) is 5.74. The molecule has 0 saturated carbocycles. The van der Waals surface area contributed by atoms with Gasteiger partial charge in [-0.3, -0.25) is 4.98 Å². The van der Waals surface area contributed by atoms with Gasteiger partial charge in [-0.1, -0.05) is 23.7 Å². The Morgan fingerprint density at radius 1 is 1.06 bits per heavy atom. The highest BCUT2D eigenvalue weighted by Gasteiger charge is 2.42. The highest BCUT2D eigenvalue weighted by atomic mass is 35.5. The van der Waals surface area contributed by atoms with Crippen molar-refractivity contribution in [3.8, 4) is 11.6 Å². The number of rotatable bonds is 5. The second-order valence-corrected chi connectivity index (χ2v) is 8.61. The first-order valence-electron chi connectivity index (χ1n) is 10.5. The van der Waals surface area contributed by atoms with Crippen LogP contribution in [0.25, 0.3) is 5.82 Å². The van der Waals surface area contributed by atoms with Crippen LogP contribution in [0.2, 0.25) is 5.02 Å². The number of hydrogen-bond donors (Lipinski definition) is 1. The molecular formula is C25H22ClN5OS. The van der Waals surface area contributed by atoms with E-state index in [9.17, 15) is 0 Å². The number of ether oxygens (including phenoxy) is 1. The Hall–Kier alpha value is -3.42. The van der Waals surface area contributed by atoms with Crippen molar-refractivity contribution < 1.29 is 4.74 Å². The lowest BCUT2D eigenvalue weighted by Gasteiger charge is -2.29. The molecular weight excluding hydrogens is 454 g/mol. The first kappa shape index (κ1) is 21.4. The van der Waals surface area contributed by atoms with Gasteiger partial charge in [-0.05, 0) is 73.2 Å². The summed E-state index contributed by atoms with van der Waals surface area (Å²) in [5, 5.41) is 4.60. The molecule has 1 aliphatic rings. The predicted molar refractivity (Wildman–Crippen MR) is 134 cm³/mol. The summed E-state index contributed by atoms with van der Waals surface area (Å²) in [6.07, 6.45) is 5.68. The normalized spacial score (nSPS) is 17.8. The first-order valence-corrected chi connectivity index (χ1v) is 11.3. The van der Waals surface area contributed by atoms with Crippen LogP contribution in [0.3, 0.4) is 0 Å². The SMILES string of the molecule is COc1ccc(N2C(=S)NC(c3ccccn3)C2c2cccn2-c2ccc(C)cn2)cc1Cl. The average molecular weight is 476 g/mol. The van der Waals surface area contributed by atoms with Crippen LogP contribution in [0.5, 0.6) is 5.75 Å². The summed E-state index contributed by atoms with van der Waals surface area (Å²) in [5.74, 6) is 1.45. The van der Waals surface area contributed by atoms with Crippen molar-refractivity contribution in [2.75, 3.05) is 12.0 Å². The second kappa shape index (κ2) is 8.84. The van der Waals surface area contributed by atoms with E-state index in [0.717, 1.165) is 28.5 Å². The zero-order valence-electron chi connectivity index (χ0n) is 18.1. The molecule has 1 aromatic carbocycles. The third kappa shape index (κ3) is 3.94. The molecule has 0 bridgehead atoms. The summed E-state index contributed by atoms with van der Waals surface area (Å²) in [5.41, 5.74) is 3.90. The lowest BCUT2D eigenvalue weighted by atomic mass is 10.0. The Morgan fingerprint density at radius 2 is 1.94 bits per heavy atom. The minimum absolute atomic E-state index is 0.168. The molecule has 0 aliphatic carbocycles. The van der Waals surface area contributed by atoms with Crippen molar-refractivity contribution in [3.05, 3.63) is 101 Å². The van der Waals surface area contributed by atoms with Crippen LogP contribution >= 0.6 is 23.8 Å². The van der Waals surface area contributed by atoms with Gasteiger partial charge in [0.2, 0.25) is 0 Å². The van der Waals surface area contributed by atoms with E-state index in [4.69, 9.17) is 28.6 Å². The van der Waals surface area contributed by atoms with Crippen molar-refractivity contribution in [2.45, 2.75) is 19.0 Å². The molecule has 2 unspecified atom stereocenters. The maximum absolute atomic E-state index is 6.48. The van der Waals surface area contributed by atoms with E-state index in [1.54, 1.807) is 13.3 Å². The van der Waals surface area contributed by atoms with Gasteiger partial charge in [-0.15, -0.1) is 0 Å². The number of hydrogen-bond acceptors (Lipinski definition) is 4. The minimum atomic E-state index is -0.185. The maximum Gasteiger partial charge on any atom is 0.174 e. The van der Waals surface area contributed by atoms with E-state index < -0.39 is 0 Å². The van der Waals surface area contributed by atoms with Crippen LogP contribution in [-0.2, 0) is 0 Å². The van der Waals surface area contributed by atoms with Gasteiger partial charge in [0.1, 0.15) is 17.6 Å². The van der Waals surface area contributed by atoms with Gasteiger partial charge in [-0.2, -0.15) is 0 Å². The number of nitrogens with one attached hydrogen (secondary N) is 1. The molecule has 6 nitrogen and oxygen atoms in total. The van der Waals surface area contributed by atoms with E-state index in [2.05, 4.69) is 36.9 Å². The fraction of sp³-hybridized carbons (Fsp3) is 0.160. The molecule has 1 fully saturated rings. The quantitative estimate of drug-likeness (QED) is 0.389. The minimum Gasteiger partial charge on any atom is -0.495 e. The summed E-state index contributed by atoms with van der Waals surface area (Å²) in [4.78, 5) is 11.3. The Bertz CT molecular complexity index is 1290. The van der Waals surface area contributed by atoms with Crippen LogP contribution < -0.4 is 15.0 Å². The van der Waals surface area contributed by atoms with E-state index in [0.29, 0.717) is 15.9 Å². The molecule has 1 N–H and O–H groups in total. The van der Waals surface area contributed by atoms with Gasteiger partial charge in [0.15, 0.2) is 5.11 Å². The van der Waals surface area contributed by atoms with Crippen molar-refractivity contribution in [2.24, 2.45) is 0 Å². The van der Waals surface area contributed by atoms with Crippen LogP contribution in [0.1, 0.15) is 29.0 Å². The van der Waals surface area contributed by atoms with E-state index in [1.165, 1.54) is 0 Å². The van der Waals surface area contributed by atoms with Gasteiger partial charge in [0.25, 0.3) is 0 Å². The number of aromatic nitrogens is 3. The van der Waals surface area contributed by atoms with Crippen LogP contribution in [0, 0.1) is 6.92 Å². The standard InChI is InChI=1S/C25H22ClN5OS/c1-16-8-11-22(28-15-16)30-13-5-7-20(30)24-23(19-6-3-4-12-27-19)29-25(33)31(24)17-9-10-21(32-2)18(26)14-17/h3-15,23-24H,1-2H3,(H,29,33). The summed E-state index contributed by atoms with van der Waals surface area (Å²) in [6.45, 7) is 2.03. The smallest absolute Gasteiger partial charge is 0.174 e. The number of aryl methyl sites for hydroxylation is 1. The topological polar surface area (TPSA) is 55.2 Å². The number of nitrogens with zero attached hydrogens (tertiary/aromatic N) is 4. The van der Waals surface area contributed by atoms with E-state index in [-0.39, 0.29) is 12.1 Å². The molecule has 1 aliphatic heterocycles. The molecule has 33 heavy (non-hydrogen) atoms. The molecule has 1 saturated heterocycles. The number of methoxy groups -OCH3 is 1. The summed E-state index contributed by atoms with van der Waals surface area (Å²) < 4.78 is 7.44. The number of anilines is 1. The molecule has 5 rings (SSSR count). The fourth-order valence-electron chi connectivity index (χ4n) is 4.18. The van der Waals surface area contributed by atoms with E-state index >= 15 is 0 Å². The van der Waals surface area contributed by atoms with Crippen LogP contribution in [-0.4, -0.2) is 26.8 Å². The lowest BCUT2D eigenvalue weighted by Crippen LogP contribution is -2.30. The Balaban J connectivity index is 1.66. The van der Waals surface area contributed by atoms with Gasteiger partial charge in [-0.25, -0.2) is 4.98 Å². The monoisotopic (exact) mass is 475 g/mol. The second-order valence-electron chi connectivity index (χ2n) is 7.81. The summed E-state index contributed by atoms with van der Waals surface area (Å²) in [7, 11) is 1.60. The molecule has 8 heteroatoms. The molecule has 2 atom stereocenters. The molecule has 166 valence electrons. The number of benzene rings is 1. The maximum atomic E-state index is 6.48. The van der Waals surface area contributed by atoms with Gasteiger partial charge in [0.05, 0.1) is 23.9 Å². The van der Waals surface area contributed by atoms with Crippen molar-refractivity contribution in [1.29, 1.82) is 0 Å². The van der Waals surface area contributed by atoms with Crippen molar-refractivity contribution >= 4 is 34.6 Å². The largest absolute Gasteiger partial charge is 0.495 e. The van der Waals surface area contributed by atoms with Gasteiger partial charge >= 0.3 is 0 Å². The van der Waals surface area contributed by atoms with Crippen LogP contribution in [0.4, 0.5) is 5.69 Å². The number of thiocarbonyl (C=S) groups is 1. The van der Waals surface area contributed by atoms with Crippen LogP contribution in [0.15, 0.2) is 79.3 Å². The summed E-state index contributed by atoms with van der Waals surface area (Å²) >= 11 is 12.3. The average Bonchev–Trinajstić information content (AvgIpc) is 3.44. The Morgan fingerprint density at radius 3 is 2.64 bits per heavy atom. The first-order chi connectivity index (χ1) is 16.1. The van der Waals surface area contributed by atoms with Crippen molar-refractivity contribution in [3.63, 3.8) is 0 Å². The molecule has 0 spiro atoms. The number of halogens is 1. The molecule has 0 amide bonds. The van der Waals surface area contributed by atoms with Crippen molar-refractivity contribution in [1.82, 2.24) is 19.9 Å². The molecule has 4 heterocycles. The molecule has 3 aromatic heterocycles. The molecule has 4 aromatic rings.